The Bertz CT molecular complexity index is 578. The minimum atomic E-state index is -0.884. The highest BCUT2D eigenvalue weighted by Crippen LogP contribution is 2.18. The quantitative estimate of drug-likeness (QED) is 0.918. The summed E-state index contributed by atoms with van der Waals surface area (Å²) in [6, 6.07) is 4.88. The zero-order chi connectivity index (χ0) is 13.8. The van der Waals surface area contributed by atoms with Crippen molar-refractivity contribution in [1.29, 1.82) is 0 Å². The van der Waals surface area contributed by atoms with Gasteiger partial charge in [-0.15, -0.1) is 0 Å². The van der Waals surface area contributed by atoms with E-state index >= 15 is 0 Å². The first kappa shape index (κ1) is 13.4. The third-order valence-corrected chi connectivity index (χ3v) is 2.69. The van der Waals surface area contributed by atoms with Gasteiger partial charge in [0.2, 0.25) is 5.88 Å². The Morgan fingerprint density at radius 3 is 2.68 bits per heavy atom. The Balaban J connectivity index is 2.15. The van der Waals surface area contributed by atoms with Crippen molar-refractivity contribution in [3.63, 3.8) is 0 Å². The maximum Gasteiger partial charge on any atom is 0.216 e. The summed E-state index contributed by atoms with van der Waals surface area (Å²) in [5, 5.41) is 0. The van der Waals surface area contributed by atoms with E-state index in [-0.39, 0.29) is 0 Å². The predicted molar refractivity (Wildman–Crippen MR) is 65.6 cm³/mol. The minimum absolute atomic E-state index is 0.345. The van der Waals surface area contributed by atoms with Crippen LogP contribution < -0.4 is 10.5 Å². The smallest absolute Gasteiger partial charge is 0.216 e. The van der Waals surface area contributed by atoms with Gasteiger partial charge in [-0.1, -0.05) is 6.07 Å². The molecule has 0 saturated heterocycles. The monoisotopic (exact) mass is 265 g/mol. The van der Waals surface area contributed by atoms with Gasteiger partial charge in [0.05, 0.1) is 18.8 Å². The summed E-state index contributed by atoms with van der Waals surface area (Å²) in [6.45, 7) is 0. The summed E-state index contributed by atoms with van der Waals surface area (Å²) in [5.74, 6) is -1.35. The molecule has 1 atom stereocenters. The summed E-state index contributed by atoms with van der Waals surface area (Å²) >= 11 is 0. The number of nitrogens with two attached hydrogens (primary N) is 1. The first-order chi connectivity index (χ1) is 9.10. The Kier molecular flexibility index (Phi) is 4.01. The van der Waals surface area contributed by atoms with Crippen LogP contribution in [0.15, 0.2) is 30.6 Å². The molecule has 1 aromatic carbocycles. The van der Waals surface area contributed by atoms with E-state index in [2.05, 4.69) is 9.97 Å². The van der Waals surface area contributed by atoms with Crippen molar-refractivity contribution in [3.8, 4) is 5.88 Å². The zero-order valence-corrected chi connectivity index (χ0v) is 10.3. The van der Waals surface area contributed by atoms with Crippen molar-refractivity contribution in [2.75, 3.05) is 7.11 Å². The van der Waals surface area contributed by atoms with Gasteiger partial charge in [-0.3, -0.25) is 0 Å². The fourth-order valence-corrected chi connectivity index (χ4v) is 1.69. The van der Waals surface area contributed by atoms with Gasteiger partial charge in [-0.2, -0.15) is 0 Å². The number of nitrogens with zero attached hydrogens (tertiary/aromatic N) is 2. The van der Waals surface area contributed by atoms with Crippen LogP contribution in [0.4, 0.5) is 8.78 Å². The molecule has 0 spiro atoms. The predicted octanol–water partition coefficient (Wildman–Crippen LogP) is 2.01. The van der Waals surface area contributed by atoms with Gasteiger partial charge in [0.15, 0.2) is 11.6 Å². The van der Waals surface area contributed by atoms with Crippen LogP contribution in [-0.2, 0) is 6.42 Å². The highest BCUT2D eigenvalue weighted by Gasteiger charge is 2.11. The van der Waals surface area contributed by atoms with Gasteiger partial charge in [0.1, 0.15) is 6.33 Å². The summed E-state index contributed by atoms with van der Waals surface area (Å²) in [5.41, 5.74) is 7.16. The van der Waals surface area contributed by atoms with Crippen LogP contribution >= 0.6 is 0 Å². The molecule has 0 radical (unpaired) electrons. The van der Waals surface area contributed by atoms with Crippen molar-refractivity contribution in [2.45, 2.75) is 12.5 Å². The number of benzene rings is 1. The van der Waals surface area contributed by atoms with E-state index in [0.29, 0.717) is 23.6 Å². The van der Waals surface area contributed by atoms with Crippen LogP contribution in [0, 0.1) is 11.6 Å². The molecule has 0 fully saturated rings. The molecule has 19 heavy (non-hydrogen) atoms. The normalized spacial score (nSPS) is 12.2. The average molecular weight is 265 g/mol. The fraction of sp³-hybridized carbons (Fsp3) is 0.231. The van der Waals surface area contributed by atoms with Crippen molar-refractivity contribution in [1.82, 2.24) is 9.97 Å². The Morgan fingerprint density at radius 1 is 1.21 bits per heavy atom. The lowest BCUT2D eigenvalue weighted by Gasteiger charge is -2.11. The molecule has 0 amide bonds. The summed E-state index contributed by atoms with van der Waals surface area (Å²) in [6.07, 6.45) is 1.69. The molecule has 1 aromatic heterocycles. The second-order valence-corrected chi connectivity index (χ2v) is 4.04. The highest BCUT2D eigenvalue weighted by atomic mass is 19.2. The van der Waals surface area contributed by atoms with E-state index < -0.39 is 17.7 Å². The molecule has 0 aliphatic carbocycles. The minimum Gasteiger partial charge on any atom is -0.481 e. The van der Waals surface area contributed by atoms with Crippen LogP contribution in [0.3, 0.4) is 0 Å². The molecule has 0 saturated carbocycles. The van der Waals surface area contributed by atoms with E-state index in [0.717, 1.165) is 12.1 Å². The number of halogens is 2. The molecule has 0 bridgehead atoms. The average Bonchev–Trinajstić information content (AvgIpc) is 2.43. The van der Waals surface area contributed by atoms with E-state index in [4.69, 9.17) is 10.5 Å². The van der Waals surface area contributed by atoms with Crippen molar-refractivity contribution in [2.24, 2.45) is 5.73 Å². The second kappa shape index (κ2) is 5.71. The standard InChI is InChI=1S/C13H13F2N3O/c1-19-13-6-12(17-7-18-13)11(16)5-8-2-3-9(14)10(15)4-8/h2-4,6-7,11H,5,16H2,1H3. The molecule has 2 N–H and O–H groups in total. The van der Waals surface area contributed by atoms with Gasteiger partial charge in [-0.25, -0.2) is 18.7 Å². The molecule has 4 nitrogen and oxygen atoms in total. The number of hydrogen-bond donors (Lipinski definition) is 1. The molecule has 0 aliphatic rings. The molecule has 1 unspecified atom stereocenters. The van der Waals surface area contributed by atoms with Crippen LogP contribution in [0.5, 0.6) is 5.88 Å². The lowest BCUT2D eigenvalue weighted by molar-refractivity contribution is 0.395. The Morgan fingerprint density at radius 2 is 2.00 bits per heavy atom. The van der Waals surface area contributed by atoms with Crippen molar-refractivity contribution < 1.29 is 13.5 Å². The molecule has 6 heteroatoms. The number of ether oxygens (including phenoxy) is 1. The number of hydrogen-bond acceptors (Lipinski definition) is 4. The van der Waals surface area contributed by atoms with Gasteiger partial charge >= 0.3 is 0 Å². The lowest BCUT2D eigenvalue weighted by Crippen LogP contribution is -2.15. The lowest BCUT2D eigenvalue weighted by atomic mass is 10.0. The first-order valence-electron chi connectivity index (χ1n) is 5.65. The van der Waals surface area contributed by atoms with Gasteiger partial charge in [0.25, 0.3) is 0 Å². The molecule has 1 heterocycles. The van der Waals surface area contributed by atoms with Crippen LogP contribution in [0.25, 0.3) is 0 Å². The molecule has 100 valence electrons. The third kappa shape index (κ3) is 3.23. The molecular weight excluding hydrogens is 252 g/mol. The van der Waals surface area contributed by atoms with Crippen molar-refractivity contribution in [3.05, 3.63) is 53.5 Å². The molecular formula is C13H13F2N3O. The third-order valence-electron chi connectivity index (χ3n) is 2.69. The van der Waals surface area contributed by atoms with E-state index in [1.165, 1.54) is 19.5 Å². The van der Waals surface area contributed by atoms with E-state index in [1.54, 1.807) is 6.07 Å². The number of methoxy groups -OCH3 is 1. The summed E-state index contributed by atoms with van der Waals surface area (Å²) in [7, 11) is 1.49. The summed E-state index contributed by atoms with van der Waals surface area (Å²) in [4.78, 5) is 7.91. The second-order valence-electron chi connectivity index (χ2n) is 4.04. The molecule has 2 aromatic rings. The van der Waals surface area contributed by atoms with Gasteiger partial charge < -0.3 is 10.5 Å². The number of aromatic nitrogens is 2. The van der Waals surface area contributed by atoms with Crippen molar-refractivity contribution >= 4 is 0 Å². The van der Waals surface area contributed by atoms with E-state index in [1.807, 2.05) is 0 Å². The van der Waals surface area contributed by atoms with E-state index in [9.17, 15) is 8.78 Å². The Labute approximate surface area is 109 Å². The van der Waals surface area contributed by atoms with Gasteiger partial charge in [-0.05, 0) is 24.1 Å². The maximum absolute atomic E-state index is 13.1. The fourth-order valence-electron chi connectivity index (χ4n) is 1.69. The maximum atomic E-state index is 13.1. The van der Waals surface area contributed by atoms with Crippen LogP contribution in [0.1, 0.15) is 17.3 Å². The largest absolute Gasteiger partial charge is 0.481 e. The molecule has 2 rings (SSSR count). The SMILES string of the molecule is COc1cc(C(N)Cc2ccc(F)c(F)c2)ncn1. The molecule has 0 aliphatic heterocycles. The highest BCUT2D eigenvalue weighted by molar-refractivity contribution is 5.22. The Hall–Kier alpha value is -2.08. The number of rotatable bonds is 4. The van der Waals surface area contributed by atoms with Gasteiger partial charge in [0, 0.05) is 6.07 Å². The first-order valence-corrected chi connectivity index (χ1v) is 5.65. The zero-order valence-electron chi connectivity index (χ0n) is 10.3. The van der Waals surface area contributed by atoms with Crippen LogP contribution in [-0.4, -0.2) is 17.1 Å². The van der Waals surface area contributed by atoms with Crippen LogP contribution in [0.2, 0.25) is 0 Å². The topological polar surface area (TPSA) is 61.0 Å². The summed E-state index contributed by atoms with van der Waals surface area (Å²) < 4.78 is 30.9.